The van der Waals surface area contributed by atoms with Gasteiger partial charge in [-0.05, 0) is 6.92 Å². The van der Waals surface area contributed by atoms with E-state index in [0.717, 1.165) is 0 Å². The van der Waals surface area contributed by atoms with Gasteiger partial charge in [-0.25, -0.2) is 4.99 Å². The molecule has 0 spiro atoms. The Morgan fingerprint density at radius 2 is 2.27 bits per heavy atom. The number of aliphatic hydroxyl groups excluding tert-OH is 1. The van der Waals surface area contributed by atoms with Crippen LogP contribution in [0.5, 0.6) is 0 Å². The van der Waals surface area contributed by atoms with Gasteiger partial charge in [-0.1, -0.05) is 0 Å². The van der Waals surface area contributed by atoms with E-state index in [1.165, 1.54) is 13.3 Å². The molecule has 62 valence electrons. The van der Waals surface area contributed by atoms with E-state index in [2.05, 4.69) is 9.98 Å². The molecule has 11 heavy (non-hydrogen) atoms. The van der Waals surface area contributed by atoms with Gasteiger partial charge < -0.3 is 5.11 Å². The average Bonchev–Trinajstić information content (AvgIpc) is 1.97. The van der Waals surface area contributed by atoms with Gasteiger partial charge in [0, 0.05) is 13.5 Å². The fourth-order valence-corrected chi connectivity index (χ4v) is 0.435. The summed E-state index contributed by atoms with van der Waals surface area (Å²) in [7, 11) is 0. The van der Waals surface area contributed by atoms with E-state index in [4.69, 9.17) is 5.11 Å². The monoisotopic (exact) mass is 156 g/mol. The quantitative estimate of drug-likeness (QED) is 0.462. The lowest BCUT2D eigenvalue weighted by Crippen LogP contribution is -2.14. The highest BCUT2D eigenvalue weighted by Gasteiger charge is 2.00. The van der Waals surface area contributed by atoms with Crippen molar-refractivity contribution in [3.63, 3.8) is 0 Å². The Hall–Kier alpha value is -1.03. The number of carbonyl (C=O) groups is 1. The van der Waals surface area contributed by atoms with E-state index in [0.29, 0.717) is 6.54 Å². The molecule has 0 heterocycles. The fraction of sp³-hybridized carbons (Fsp3) is 0.571. The van der Waals surface area contributed by atoms with Crippen LogP contribution in [0.2, 0.25) is 0 Å². The Balaban J connectivity index is 4.12. The van der Waals surface area contributed by atoms with Crippen LogP contribution in [0.3, 0.4) is 0 Å². The lowest BCUT2D eigenvalue weighted by molar-refractivity contribution is -0.111. The van der Waals surface area contributed by atoms with E-state index in [1.807, 2.05) is 6.92 Å². The summed E-state index contributed by atoms with van der Waals surface area (Å²) in [6, 6.07) is 0. The van der Waals surface area contributed by atoms with Gasteiger partial charge in [-0.2, -0.15) is 0 Å². The van der Waals surface area contributed by atoms with Gasteiger partial charge in [0.25, 0.3) is 0 Å². The van der Waals surface area contributed by atoms with Crippen molar-refractivity contribution in [3.8, 4) is 0 Å². The third-order valence-corrected chi connectivity index (χ3v) is 1.03. The number of rotatable bonds is 4. The van der Waals surface area contributed by atoms with E-state index in [9.17, 15) is 4.79 Å². The first-order valence-electron chi connectivity index (χ1n) is 3.39. The maximum atomic E-state index is 10.6. The van der Waals surface area contributed by atoms with Crippen LogP contribution < -0.4 is 0 Å². The summed E-state index contributed by atoms with van der Waals surface area (Å²) in [5.41, 5.74) is 0.141. The van der Waals surface area contributed by atoms with Crippen LogP contribution in [0, 0.1) is 0 Å². The summed E-state index contributed by atoms with van der Waals surface area (Å²) in [6.45, 7) is 3.51. The zero-order valence-electron chi connectivity index (χ0n) is 6.74. The summed E-state index contributed by atoms with van der Waals surface area (Å²) in [6.07, 6.45) is 1.28. The van der Waals surface area contributed by atoms with Gasteiger partial charge in [0.05, 0.1) is 6.61 Å². The first-order valence-corrected chi connectivity index (χ1v) is 3.39. The van der Waals surface area contributed by atoms with Crippen LogP contribution in [0.15, 0.2) is 9.98 Å². The maximum absolute atomic E-state index is 10.6. The Bertz CT molecular complexity index is 185. The van der Waals surface area contributed by atoms with Crippen molar-refractivity contribution in [2.24, 2.45) is 9.98 Å². The van der Waals surface area contributed by atoms with Crippen LogP contribution in [-0.2, 0) is 4.79 Å². The summed E-state index contributed by atoms with van der Waals surface area (Å²) < 4.78 is 0. The van der Waals surface area contributed by atoms with E-state index >= 15 is 0 Å². The molecule has 4 nitrogen and oxygen atoms in total. The molecule has 0 bridgehead atoms. The number of carbonyl (C=O) groups excluding carboxylic acids is 1. The molecular formula is C7H12N2O2. The lowest BCUT2D eigenvalue weighted by Gasteiger charge is -1.92. The molecule has 0 saturated heterocycles. The average molecular weight is 156 g/mol. The van der Waals surface area contributed by atoms with Crippen LogP contribution >= 0.6 is 0 Å². The highest BCUT2D eigenvalue weighted by Crippen LogP contribution is 1.78. The third kappa shape index (κ3) is 4.38. The molecule has 0 rings (SSSR count). The minimum Gasteiger partial charge on any atom is -0.390 e. The molecule has 0 aliphatic rings. The molecular weight excluding hydrogens is 144 g/mol. The Kier molecular flexibility index (Phi) is 5.20. The largest absolute Gasteiger partial charge is 0.390 e. The first kappa shape index (κ1) is 9.97. The first-order chi connectivity index (χ1) is 5.22. The fourth-order valence-electron chi connectivity index (χ4n) is 0.435. The molecule has 0 aromatic rings. The molecule has 0 aromatic heterocycles. The number of nitrogens with zero attached hydrogens (tertiary/aromatic N) is 2. The molecule has 0 aliphatic heterocycles. The van der Waals surface area contributed by atoms with Crippen LogP contribution in [-0.4, -0.2) is 36.1 Å². The van der Waals surface area contributed by atoms with E-state index in [-0.39, 0.29) is 18.1 Å². The molecule has 4 heteroatoms. The highest BCUT2D eigenvalue weighted by molar-refractivity contribution is 6.40. The van der Waals surface area contributed by atoms with Gasteiger partial charge in [-0.15, -0.1) is 0 Å². The maximum Gasteiger partial charge on any atom is 0.176 e. The van der Waals surface area contributed by atoms with Crippen molar-refractivity contribution in [2.75, 3.05) is 13.2 Å². The van der Waals surface area contributed by atoms with Gasteiger partial charge in [0.1, 0.15) is 12.1 Å². The second-order valence-corrected chi connectivity index (χ2v) is 1.90. The van der Waals surface area contributed by atoms with Gasteiger partial charge in [0.2, 0.25) is 0 Å². The zero-order chi connectivity index (χ0) is 8.69. The molecule has 0 aliphatic carbocycles. The molecule has 0 amide bonds. The highest BCUT2D eigenvalue weighted by atomic mass is 16.3. The van der Waals surface area contributed by atoms with Crippen molar-refractivity contribution >= 4 is 17.8 Å². The van der Waals surface area contributed by atoms with Crippen LogP contribution in [0.1, 0.15) is 13.8 Å². The van der Waals surface area contributed by atoms with Crippen molar-refractivity contribution in [1.29, 1.82) is 0 Å². The Morgan fingerprint density at radius 1 is 1.64 bits per heavy atom. The van der Waals surface area contributed by atoms with Crippen molar-refractivity contribution in [1.82, 2.24) is 0 Å². The number of ketones is 1. The standard InChI is InChI=1S/C7H12N2O2/c1-3-8-5-9-7(4-10)6(2)11/h5,10H,3-4H2,1-2H3. The molecule has 0 atom stereocenters. The zero-order valence-corrected chi connectivity index (χ0v) is 6.74. The SMILES string of the molecule is CCN=CN=C(CO)C(C)=O. The van der Waals surface area contributed by atoms with Crippen molar-refractivity contribution in [3.05, 3.63) is 0 Å². The topological polar surface area (TPSA) is 62.0 Å². The van der Waals surface area contributed by atoms with E-state index < -0.39 is 0 Å². The second kappa shape index (κ2) is 5.73. The van der Waals surface area contributed by atoms with Gasteiger partial charge in [0.15, 0.2) is 5.78 Å². The minimum atomic E-state index is -0.328. The summed E-state index contributed by atoms with van der Waals surface area (Å²) >= 11 is 0. The summed E-state index contributed by atoms with van der Waals surface area (Å²) in [4.78, 5) is 18.0. The van der Waals surface area contributed by atoms with Gasteiger partial charge in [-0.3, -0.25) is 9.79 Å². The third-order valence-electron chi connectivity index (χ3n) is 1.03. The molecule has 1 N–H and O–H groups in total. The second-order valence-electron chi connectivity index (χ2n) is 1.90. The molecule has 0 radical (unpaired) electrons. The number of Topliss-reactive ketones (excluding diaryl/α,β-unsaturated/α-hetero) is 1. The van der Waals surface area contributed by atoms with Crippen LogP contribution in [0.25, 0.3) is 0 Å². The van der Waals surface area contributed by atoms with Crippen molar-refractivity contribution in [2.45, 2.75) is 13.8 Å². The van der Waals surface area contributed by atoms with E-state index in [1.54, 1.807) is 0 Å². The normalized spacial score (nSPS) is 12.5. The van der Waals surface area contributed by atoms with Crippen molar-refractivity contribution < 1.29 is 9.90 Å². The summed E-state index contributed by atoms with van der Waals surface area (Å²) in [5, 5.41) is 8.58. The number of aliphatic imine (C=N–C) groups is 2. The number of hydrogen-bond acceptors (Lipinski definition) is 3. The predicted octanol–water partition coefficient (Wildman–Crippen LogP) is 0.0569. The van der Waals surface area contributed by atoms with Crippen LogP contribution in [0.4, 0.5) is 0 Å². The molecule has 0 aromatic carbocycles. The molecule has 0 saturated carbocycles. The van der Waals surface area contributed by atoms with Gasteiger partial charge >= 0.3 is 0 Å². The number of hydrogen-bond donors (Lipinski definition) is 1. The number of aliphatic hydroxyl groups is 1. The lowest BCUT2D eigenvalue weighted by atomic mass is 10.3. The molecule has 0 unspecified atom stereocenters. The molecule has 0 fully saturated rings. The smallest absolute Gasteiger partial charge is 0.176 e. The predicted molar refractivity (Wildman–Crippen MR) is 44.2 cm³/mol. The minimum absolute atomic E-state index is 0.141. The Labute approximate surface area is 65.7 Å². The Morgan fingerprint density at radius 3 is 2.64 bits per heavy atom. The summed E-state index contributed by atoms with van der Waals surface area (Å²) in [5.74, 6) is -0.227.